The van der Waals surface area contributed by atoms with Gasteiger partial charge in [0.25, 0.3) is 5.69 Å². The molecule has 21 heavy (non-hydrogen) atoms. The molecule has 0 fully saturated rings. The molecule has 0 amide bonds. The van der Waals surface area contributed by atoms with E-state index in [1.807, 2.05) is 24.8 Å². The van der Waals surface area contributed by atoms with Gasteiger partial charge in [-0.1, -0.05) is 0 Å². The number of non-ortho nitro benzene ring substituents is 1. The third-order valence-corrected chi connectivity index (χ3v) is 3.92. The first-order valence-corrected chi connectivity index (χ1v) is 8.30. The van der Waals surface area contributed by atoms with Crippen molar-refractivity contribution in [3.05, 3.63) is 40.1 Å². The van der Waals surface area contributed by atoms with Crippen LogP contribution < -0.4 is 5.32 Å². The summed E-state index contributed by atoms with van der Waals surface area (Å²) in [6.07, 6.45) is 4.35. The number of hydrogen-bond acceptors (Lipinski definition) is 5. The van der Waals surface area contributed by atoms with E-state index in [0.29, 0.717) is 0 Å². The average Bonchev–Trinajstić information content (AvgIpc) is 2.46. The Morgan fingerprint density at radius 2 is 2.14 bits per heavy atom. The van der Waals surface area contributed by atoms with E-state index in [9.17, 15) is 10.1 Å². The fraction of sp³-hybridized carbons (Fsp3) is 0.400. The predicted molar refractivity (Wildman–Crippen MR) is 89.2 cm³/mol. The van der Waals surface area contributed by atoms with Gasteiger partial charge in [0.2, 0.25) is 0 Å². The number of anilines is 1. The van der Waals surface area contributed by atoms with Gasteiger partial charge >= 0.3 is 0 Å². The highest BCUT2D eigenvalue weighted by atomic mass is 32.2. The number of nitrogens with zero attached hydrogens (tertiary/aromatic N) is 2. The lowest BCUT2D eigenvalue weighted by Gasteiger charge is -2.10. The van der Waals surface area contributed by atoms with Crippen LogP contribution in [-0.4, -0.2) is 28.5 Å². The molecule has 0 saturated heterocycles. The van der Waals surface area contributed by atoms with Crippen molar-refractivity contribution >= 4 is 34.0 Å². The number of pyridine rings is 1. The van der Waals surface area contributed by atoms with E-state index in [2.05, 4.69) is 16.6 Å². The maximum absolute atomic E-state index is 10.9. The van der Waals surface area contributed by atoms with Crippen molar-refractivity contribution in [3.8, 4) is 0 Å². The minimum Gasteiger partial charge on any atom is -0.384 e. The molecule has 0 bridgehead atoms. The zero-order valence-corrected chi connectivity index (χ0v) is 13.1. The summed E-state index contributed by atoms with van der Waals surface area (Å²) in [7, 11) is 0. The Kier molecular flexibility index (Phi) is 5.38. The van der Waals surface area contributed by atoms with Crippen molar-refractivity contribution in [2.75, 3.05) is 23.9 Å². The standard InChI is InChI=1S/C15H19N3O2S/c1-11-9-15(16-7-3-4-8-21-2)13-10-12(18(19)20)5-6-14(13)17-11/h5-6,9-10H,3-4,7-8H2,1-2H3,(H,16,17). The summed E-state index contributed by atoms with van der Waals surface area (Å²) in [6, 6.07) is 6.74. The summed E-state index contributed by atoms with van der Waals surface area (Å²) in [5.74, 6) is 1.16. The van der Waals surface area contributed by atoms with Gasteiger partial charge in [-0.25, -0.2) is 0 Å². The summed E-state index contributed by atoms with van der Waals surface area (Å²) in [5.41, 5.74) is 2.71. The summed E-state index contributed by atoms with van der Waals surface area (Å²) in [5, 5.41) is 15.1. The molecule has 2 aromatic rings. The number of aromatic nitrogens is 1. The first kappa shape index (κ1) is 15.6. The van der Waals surface area contributed by atoms with E-state index in [0.717, 1.165) is 47.4 Å². The Labute approximate surface area is 128 Å². The molecule has 1 aromatic heterocycles. The van der Waals surface area contributed by atoms with Crippen LogP contribution in [0.3, 0.4) is 0 Å². The van der Waals surface area contributed by atoms with Gasteiger partial charge in [-0.3, -0.25) is 15.1 Å². The van der Waals surface area contributed by atoms with Gasteiger partial charge in [0, 0.05) is 35.4 Å². The van der Waals surface area contributed by atoms with Crippen molar-refractivity contribution in [1.82, 2.24) is 4.98 Å². The van der Waals surface area contributed by atoms with Crippen LogP contribution in [0.15, 0.2) is 24.3 Å². The van der Waals surface area contributed by atoms with Crippen molar-refractivity contribution in [2.24, 2.45) is 0 Å². The molecule has 5 nitrogen and oxygen atoms in total. The summed E-state index contributed by atoms with van der Waals surface area (Å²) < 4.78 is 0. The van der Waals surface area contributed by atoms with Crippen LogP contribution in [0, 0.1) is 17.0 Å². The van der Waals surface area contributed by atoms with Gasteiger partial charge in [0.15, 0.2) is 0 Å². The number of unbranched alkanes of at least 4 members (excludes halogenated alkanes) is 1. The highest BCUT2D eigenvalue weighted by Gasteiger charge is 2.10. The monoisotopic (exact) mass is 305 g/mol. The van der Waals surface area contributed by atoms with E-state index in [4.69, 9.17) is 0 Å². The zero-order chi connectivity index (χ0) is 15.2. The number of benzene rings is 1. The molecule has 0 radical (unpaired) electrons. The molecule has 112 valence electrons. The normalized spacial score (nSPS) is 10.8. The van der Waals surface area contributed by atoms with Gasteiger partial charge in [0.1, 0.15) is 0 Å². The smallest absolute Gasteiger partial charge is 0.270 e. The third-order valence-electron chi connectivity index (χ3n) is 3.22. The number of nitro benzene ring substituents is 1. The average molecular weight is 305 g/mol. The minimum atomic E-state index is -0.373. The number of hydrogen-bond donors (Lipinski definition) is 1. The van der Waals surface area contributed by atoms with E-state index in [1.54, 1.807) is 12.1 Å². The molecule has 0 aliphatic rings. The molecule has 6 heteroatoms. The second-order valence-corrected chi connectivity index (χ2v) is 5.88. The second kappa shape index (κ2) is 7.26. The Bertz CT molecular complexity index is 646. The summed E-state index contributed by atoms with van der Waals surface area (Å²) in [6.45, 7) is 2.79. The highest BCUT2D eigenvalue weighted by molar-refractivity contribution is 7.98. The van der Waals surface area contributed by atoms with Gasteiger partial charge in [-0.15, -0.1) is 0 Å². The molecule has 0 atom stereocenters. The lowest BCUT2D eigenvalue weighted by Crippen LogP contribution is -2.04. The molecule has 1 heterocycles. The fourth-order valence-electron chi connectivity index (χ4n) is 2.20. The van der Waals surface area contributed by atoms with Crippen LogP contribution in [0.5, 0.6) is 0 Å². The van der Waals surface area contributed by atoms with Crippen molar-refractivity contribution in [2.45, 2.75) is 19.8 Å². The number of thioether (sulfide) groups is 1. The van der Waals surface area contributed by atoms with Gasteiger partial charge in [-0.05, 0) is 43.9 Å². The molecule has 0 aliphatic carbocycles. The van der Waals surface area contributed by atoms with E-state index in [1.165, 1.54) is 6.07 Å². The first-order valence-electron chi connectivity index (χ1n) is 6.90. The molecule has 0 spiro atoms. The quantitative estimate of drug-likeness (QED) is 0.475. The Balaban J connectivity index is 2.23. The Hall–Kier alpha value is -1.82. The number of rotatable bonds is 7. The van der Waals surface area contributed by atoms with Crippen LogP contribution in [0.2, 0.25) is 0 Å². The van der Waals surface area contributed by atoms with Crippen molar-refractivity contribution < 1.29 is 4.92 Å². The SMILES string of the molecule is CSCCCCNc1cc(C)nc2ccc([N+](=O)[O-])cc12. The van der Waals surface area contributed by atoms with Crippen molar-refractivity contribution in [1.29, 1.82) is 0 Å². The molecule has 0 saturated carbocycles. The zero-order valence-electron chi connectivity index (χ0n) is 12.3. The molecule has 2 rings (SSSR count). The number of fused-ring (bicyclic) bond motifs is 1. The number of nitrogens with one attached hydrogen (secondary N) is 1. The number of nitro groups is 1. The van der Waals surface area contributed by atoms with Gasteiger partial charge in [-0.2, -0.15) is 11.8 Å². The maximum Gasteiger partial charge on any atom is 0.270 e. The van der Waals surface area contributed by atoms with E-state index in [-0.39, 0.29) is 10.6 Å². The third kappa shape index (κ3) is 4.07. The minimum absolute atomic E-state index is 0.0959. The fourth-order valence-corrected chi connectivity index (χ4v) is 2.69. The molecule has 1 N–H and O–H groups in total. The second-order valence-electron chi connectivity index (χ2n) is 4.90. The summed E-state index contributed by atoms with van der Waals surface area (Å²) in [4.78, 5) is 15.0. The van der Waals surface area contributed by atoms with Gasteiger partial charge < -0.3 is 5.32 Å². The molecular formula is C15H19N3O2S. The number of aryl methyl sites for hydroxylation is 1. The molecule has 0 aliphatic heterocycles. The van der Waals surface area contributed by atoms with E-state index >= 15 is 0 Å². The highest BCUT2D eigenvalue weighted by Crippen LogP contribution is 2.27. The topological polar surface area (TPSA) is 68.1 Å². The van der Waals surface area contributed by atoms with Gasteiger partial charge in [0.05, 0.1) is 10.4 Å². The molecular weight excluding hydrogens is 286 g/mol. The Morgan fingerprint density at radius 3 is 2.86 bits per heavy atom. The first-order chi connectivity index (χ1) is 10.1. The van der Waals surface area contributed by atoms with Crippen LogP contribution in [0.4, 0.5) is 11.4 Å². The maximum atomic E-state index is 10.9. The summed E-state index contributed by atoms with van der Waals surface area (Å²) >= 11 is 1.85. The lowest BCUT2D eigenvalue weighted by molar-refractivity contribution is -0.384. The van der Waals surface area contributed by atoms with Crippen LogP contribution in [0.25, 0.3) is 10.9 Å². The van der Waals surface area contributed by atoms with Crippen LogP contribution in [0.1, 0.15) is 18.5 Å². The molecule has 1 aromatic carbocycles. The van der Waals surface area contributed by atoms with Crippen LogP contribution in [-0.2, 0) is 0 Å². The van der Waals surface area contributed by atoms with Crippen LogP contribution >= 0.6 is 11.8 Å². The predicted octanol–water partition coefficient (Wildman–Crippen LogP) is 4.01. The van der Waals surface area contributed by atoms with Crippen molar-refractivity contribution in [3.63, 3.8) is 0 Å². The van der Waals surface area contributed by atoms with E-state index < -0.39 is 0 Å². The molecule has 0 unspecified atom stereocenters. The Morgan fingerprint density at radius 1 is 1.33 bits per heavy atom. The lowest BCUT2D eigenvalue weighted by atomic mass is 10.1. The largest absolute Gasteiger partial charge is 0.384 e.